The Hall–Kier alpha value is -3.08. The number of likely N-dealkylation sites (N-methyl/N-ethyl adjacent to an activating group) is 1. The molecule has 3 heterocycles. The molecule has 166 valence electrons. The molecule has 0 aliphatic carbocycles. The number of ether oxygens (including phenoxy) is 1. The molecule has 0 bridgehead atoms. The SMILES string of the molecule is COc1nc2c(nc1N[C@@H]1CCN(C)C1)nc(-c1c(C)cc(C(F)(F)F)cc1O)n2C. The highest BCUT2D eigenvalue weighted by Crippen LogP contribution is 2.39. The molecule has 11 heteroatoms. The molecule has 2 aromatic heterocycles. The van der Waals surface area contributed by atoms with Gasteiger partial charge in [-0.25, -0.2) is 9.97 Å². The number of benzene rings is 1. The van der Waals surface area contributed by atoms with Gasteiger partial charge >= 0.3 is 6.18 Å². The summed E-state index contributed by atoms with van der Waals surface area (Å²) in [7, 11) is 5.19. The molecule has 4 rings (SSSR count). The maximum Gasteiger partial charge on any atom is 0.416 e. The number of alkyl halides is 3. The number of aryl methyl sites for hydroxylation is 2. The molecule has 31 heavy (non-hydrogen) atoms. The molecule has 3 aromatic rings. The highest BCUT2D eigenvalue weighted by molar-refractivity contribution is 5.80. The number of halogens is 3. The van der Waals surface area contributed by atoms with Crippen molar-refractivity contribution in [1.29, 1.82) is 0 Å². The molecule has 1 atom stereocenters. The Labute approximate surface area is 176 Å². The summed E-state index contributed by atoms with van der Waals surface area (Å²) in [5.74, 6) is 0.502. The minimum Gasteiger partial charge on any atom is -0.507 e. The van der Waals surface area contributed by atoms with Crippen molar-refractivity contribution < 1.29 is 23.0 Å². The van der Waals surface area contributed by atoms with Gasteiger partial charge in [0.2, 0.25) is 0 Å². The van der Waals surface area contributed by atoms with Gasteiger partial charge in [-0.05, 0) is 44.6 Å². The van der Waals surface area contributed by atoms with Gasteiger partial charge < -0.3 is 24.6 Å². The number of aromatic hydroxyl groups is 1. The number of methoxy groups -OCH3 is 1. The van der Waals surface area contributed by atoms with E-state index in [2.05, 4.69) is 25.2 Å². The number of likely N-dealkylation sites (tertiary alicyclic amines) is 1. The molecule has 0 saturated carbocycles. The maximum absolute atomic E-state index is 13.1. The maximum atomic E-state index is 13.1. The Balaban J connectivity index is 1.79. The number of hydrogen-bond donors (Lipinski definition) is 2. The standard InChI is InChI=1S/C20H23F3N6O2/c1-10-7-11(20(21,22)23)8-13(30)14(10)17-26-15-18(29(17)3)27-19(31-4)16(25-15)24-12-5-6-28(2)9-12/h7-8,12,30H,5-6,9H2,1-4H3,(H,24,25)/t12-/m1/s1. The first-order valence-electron chi connectivity index (χ1n) is 9.73. The number of aromatic nitrogens is 4. The Morgan fingerprint density at radius 2 is 1.94 bits per heavy atom. The summed E-state index contributed by atoms with van der Waals surface area (Å²) in [5.41, 5.74) is 0.202. The normalized spacial score (nSPS) is 17.5. The fraction of sp³-hybridized carbons (Fsp3) is 0.450. The van der Waals surface area contributed by atoms with Crippen molar-refractivity contribution in [2.24, 2.45) is 7.05 Å². The molecule has 1 aliphatic heterocycles. The van der Waals surface area contributed by atoms with Crippen LogP contribution in [-0.2, 0) is 13.2 Å². The van der Waals surface area contributed by atoms with E-state index in [0.29, 0.717) is 29.1 Å². The van der Waals surface area contributed by atoms with Gasteiger partial charge in [0, 0.05) is 19.6 Å². The monoisotopic (exact) mass is 436 g/mol. The molecule has 2 N–H and O–H groups in total. The van der Waals surface area contributed by atoms with Gasteiger partial charge in [-0.1, -0.05) is 0 Å². The first-order valence-corrected chi connectivity index (χ1v) is 9.73. The van der Waals surface area contributed by atoms with E-state index in [1.165, 1.54) is 14.0 Å². The van der Waals surface area contributed by atoms with Crippen LogP contribution >= 0.6 is 0 Å². The molecular weight excluding hydrogens is 413 g/mol. The smallest absolute Gasteiger partial charge is 0.416 e. The lowest BCUT2D eigenvalue weighted by molar-refractivity contribution is -0.137. The summed E-state index contributed by atoms with van der Waals surface area (Å²) >= 11 is 0. The summed E-state index contributed by atoms with van der Waals surface area (Å²) in [4.78, 5) is 15.7. The van der Waals surface area contributed by atoms with E-state index >= 15 is 0 Å². The van der Waals surface area contributed by atoms with Gasteiger partial charge in [-0.3, -0.25) is 0 Å². The Morgan fingerprint density at radius 1 is 1.19 bits per heavy atom. The van der Waals surface area contributed by atoms with Crippen LogP contribution in [-0.4, -0.2) is 62.8 Å². The second kappa shape index (κ2) is 7.56. The van der Waals surface area contributed by atoms with Crippen LogP contribution < -0.4 is 10.1 Å². The Morgan fingerprint density at radius 3 is 2.52 bits per heavy atom. The number of rotatable bonds is 4. The van der Waals surface area contributed by atoms with E-state index in [0.717, 1.165) is 25.6 Å². The lowest BCUT2D eigenvalue weighted by Gasteiger charge is -2.15. The Bertz CT molecular complexity index is 1120. The van der Waals surface area contributed by atoms with Crippen molar-refractivity contribution in [3.05, 3.63) is 23.3 Å². The van der Waals surface area contributed by atoms with Crippen molar-refractivity contribution in [2.45, 2.75) is 25.6 Å². The van der Waals surface area contributed by atoms with Crippen molar-refractivity contribution in [3.8, 4) is 23.0 Å². The van der Waals surface area contributed by atoms with Crippen LogP contribution in [0.1, 0.15) is 17.5 Å². The van der Waals surface area contributed by atoms with Gasteiger partial charge in [0.15, 0.2) is 17.1 Å². The average Bonchev–Trinajstić information content (AvgIpc) is 3.23. The van der Waals surface area contributed by atoms with E-state index in [-0.39, 0.29) is 23.0 Å². The summed E-state index contributed by atoms with van der Waals surface area (Å²) in [5, 5.41) is 13.7. The van der Waals surface area contributed by atoms with Gasteiger partial charge in [0.25, 0.3) is 5.88 Å². The number of nitrogens with zero attached hydrogens (tertiary/aromatic N) is 5. The summed E-state index contributed by atoms with van der Waals surface area (Å²) < 4.78 is 46.2. The quantitative estimate of drug-likeness (QED) is 0.649. The van der Waals surface area contributed by atoms with Crippen LogP contribution in [0.25, 0.3) is 22.7 Å². The van der Waals surface area contributed by atoms with Crippen molar-refractivity contribution in [1.82, 2.24) is 24.4 Å². The second-order valence-corrected chi connectivity index (χ2v) is 7.80. The fourth-order valence-corrected chi connectivity index (χ4v) is 3.91. The molecule has 0 radical (unpaired) electrons. The average molecular weight is 436 g/mol. The van der Waals surface area contributed by atoms with Crippen LogP contribution in [0.5, 0.6) is 11.6 Å². The summed E-state index contributed by atoms with van der Waals surface area (Å²) in [6.45, 7) is 3.32. The van der Waals surface area contributed by atoms with Crippen LogP contribution in [0.4, 0.5) is 19.0 Å². The minimum atomic E-state index is -4.56. The molecule has 1 saturated heterocycles. The Kier molecular flexibility index (Phi) is 5.16. The van der Waals surface area contributed by atoms with E-state index in [1.807, 2.05) is 7.05 Å². The highest BCUT2D eigenvalue weighted by Gasteiger charge is 2.33. The minimum absolute atomic E-state index is 0.190. The summed E-state index contributed by atoms with van der Waals surface area (Å²) in [6.07, 6.45) is -3.61. The van der Waals surface area contributed by atoms with Crippen LogP contribution in [0.2, 0.25) is 0 Å². The lowest BCUT2D eigenvalue weighted by atomic mass is 10.0. The van der Waals surface area contributed by atoms with Crippen molar-refractivity contribution >= 4 is 17.1 Å². The van der Waals surface area contributed by atoms with E-state index in [1.54, 1.807) is 11.6 Å². The first kappa shape index (κ1) is 21.2. The second-order valence-electron chi connectivity index (χ2n) is 7.80. The van der Waals surface area contributed by atoms with Gasteiger partial charge in [0.1, 0.15) is 11.6 Å². The highest BCUT2D eigenvalue weighted by atomic mass is 19.4. The van der Waals surface area contributed by atoms with Crippen LogP contribution in [0.15, 0.2) is 12.1 Å². The van der Waals surface area contributed by atoms with Gasteiger partial charge in [-0.15, -0.1) is 0 Å². The third-order valence-electron chi connectivity index (χ3n) is 5.47. The summed E-state index contributed by atoms with van der Waals surface area (Å²) in [6, 6.07) is 1.88. The molecule has 0 amide bonds. The predicted molar refractivity (Wildman–Crippen MR) is 109 cm³/mol. The van der Waals surface area contributed by atoms with E-state index in [9.17, 15) is 18.3 Å². The van der Waals surface area contributed by atoms with Crippen molar-refractivity contribution in [2.75, 3.05) is 32.6 Å². The van der Waals surface area contributed by atoms with Gasteiger partial charge in [-0.2, -0.15) is 18.2 Å². The lowest BCUT2D eigenvalue weighted by Crippen LogP contribution is -2.24. The molecule has 1 aromatic carbocycles. The van der Waals surface area contributed by atoms with Gasteiger partial charge in [0.05, 0.1) is 18.2 Å². The largest absolute Gasteiger partial charge is 0.507 e. The van der Waals surface area contributed by atoms with Crippen LogP contribution in [0.3, 0.4) is 0 Å². The molecule has 8 nitrogen and oxygen atoms in total. The third-order valence-corrected chi connectivity index (χ3v) is 5.47. The van der Waals surface area contributed by atoms with Crippen LogP contribution in [0, 0.1) is 6.92 Å². The predicted octanol–water partition coefficient (Wildman–Crippen LogP) is 3.19. The van der Waals surface area contributed by atoms with E-state index in [4.69, 9.17) is 4.74 Å². The molecule has 1 fully saturated rings. The number of phenolic OH excluding ortho intramolecular Hbond substituents is 1. The zero-order valence-corrected chi connectivity index (χ0v) is 17.6. The topological polar surface area (TPSA) is 88.3 Å². The fourth-order valence-electron chi connectivity index (χ4n) is 3.91. The number of anilines is 1. The third kappa shape index (κ3) is 3.85. The molecule has 0 unspecified atom stereocenters. The molecule has 1 aliphatic rings. The van der Waals surface area contributed by atoms with Crippen molar-refractivity contribution in [3.63, 3.8) is 0 Å². The number of phenols is 1. The number of hydrogen-bond acceptors (Lipinski definition) is 7. The zero-order valence-electron chi connectivity index (χ0n) is 17.6. The number of nitrogens with one attached hydrogen (secondary N) is 1. The number of imidazole rings is 1. The number of fused-ring (bicyclic) bond motifs is 1. The first-order chi connectivity index (χ1) is 14.6. The zero-order chi connectivity index (χ0) is 22.5. The van der Waals surface area contributed by atoms with E-state index < -0.39 is 17.5 Å². The molecule has 0 spiro atoms. The molecular formula is C20H23F3N6O2.